The van der Waals surface area contributed by atoms with Gasteiger partial charge in [-0.2, -0.15) is 0 Å². The van der Waals surface area contributed by atoms with E-state index in [0.29, 0.717) is 24.6 Å². The van der Waals surface area contributed by atoms with Crippen LogP contribution in [0.3, 0.4) is 0 Å². The van der Waals surface area contributed by atoms with Gasteiger partial charge in [0.25, 0.3) is 0 Å². The van der Waals surface area contributed by atoms with Crippen LogP contribution in [-0.2, 0) is 11.2 Å². The van der Waals surface area contributed by atoms with Crippen molar-refractivity contribution >= 4 is 17.7 Å². The van der Waals surface area contributed by atoms with Crippen LogP contribution in [0.15, 0.2) is 18.2 Å². The topological polar surface area (TPSA) is 38.3 Å². The van der Waals surface area contributed by atoms with Crippen LogP contribution in [-0.4, -0.2) is 24.2 Å². The molecule has 0 aliphatic heterocycles. The Morgan fingerprint density at radius 2 is 2.14 bits per heavy atom. The third-order valence-corrected chi connectivity index (χ3v) is 4.49. The van der Waals surface area contributed by atoms with E-state index in [1.54, 1.807) is 11.9 Å². The van der Waals surface area contributed by atoms with Crippen molar-refractivity contribution in [2.75, 3.05) is 6.26 Å². The van der Waals surface area contributed by atoms with Gasteiger partial charge in [-0.3, -0.25) is 9.52 Å². The van der Waals surface area contributed by atoms with Gasteiger partial charge in [0.2, 0.25) is 0 Å². The number of ketones is 1. The molecule has 22 heavy (non-hydrogen) atoms. The van der Waals surface area contributed by atoms with Gasteiger partial charge in [0.05, 0.1) is 0 Å². The molecule has 1 aliphatic rings. The van der Waals surface area contributed by atoms with Crippen LogP contribution < -0.4 is 9.46 Å². The molecule has 0 unspecified atom stereocenters. The monoisotopic (exact) mass is 325 g/mol. The minimum Gasteiger partial charge on any atom is -0.490 e. The van der Waals surface area contributed by atoms with Crippen LogP contribution in [0.4, 0.5) is 4.39 Å². The average molecular weight is 325 g/mol. The van der Waals surface area contributed by atoms with Crippen LogP contribution in [0.5, 0.6) is 5.75 Å². The second-order valence-corrected chi connectivity index (χ2v) is 6.79. The summed E-state index contributed by atoms with van der Waals surface area (Å²) in [6, 6.07) is 5.24. The van der Waals surface area contributed by atoms with Gasteiger partial charge >= 0.3 is 0 Å². The Kier molecular flexibility index (Phi) is 6.26. The van der Waals surface area contributed by atoms with Crippen LogP contribution in [0.25, 0.3) is 0 Å². The number of aryl methyl sites for hydroxylation is 1. The molecule has 1 fully saturated rings. The second-order valence-electron chi connectivity index (χ2n) is 6.15. The number of rotatable bonds is 8. The summed E-state index contributed by atoms with van der Waals surface area (Å²) in [5.74, 6) is 0.499. The largest absolute Gasteiger partial charge is 0.490 e. The fourth-order valence-electron chi connectivity index (χ4n) is 2.51. The Morgan fingerprint density at radius 3 is 2.77 bits per heavy atom. The predicted octanol–water partition coefficient (Wildman–Crippen LogP) is 3.76. The first-order valence-corrected chi connectivity index (χ1v) is 8.97. The fourth-order valence-corrected chi connectivity index (χ4v) is 3.03. The standard InChI is InChI=1S/C17H24FNO2S/c1-11(2)17(20)5-4-12-6-13(18)8-15(7-12)21-16-9-14(10-16)19-22-3/h6-8,11,14,16,19H,4-5,9-10H2,1-3H3/t14-,16+. The molecular formula is C17H24FNO2S. The Bertz CT molecular complexity index is 515. The molecule has 0 amide bonds. The van der Waals surface area contributed by atoms with E-state index in [1.165, 1.54) is 12.1 Å². The van der Waals surface area contributed by atoms with E-state index >= 15 is 0 Å². The summed E-state index contributed by atoms with van der Waals surface area (Å²) in [4.78, 5) is 11.7. The molecular weight excluding hydrogens is 301 g/mol. The van der Waals surface area contributed by atoms with Crippen LogP contribution in [0, 0.1) is 11.7 Å². The molecule has 5 heteroatoms. The SMILES string of the molecule is CSN[C@H]1C[C@@H](Oc2cc(F)cc(CCC(=O)C(C)C)c2)C1. The summed E-state index contributed by atoms with van der Waals surface area (Å²) in [5, 5.41) is 0. The fraction of sp³-hybridized carbons (Fsp3) is 0.588. The van der Waals surface area contributed by atoms with Gasteiger partial charge in [0.1, 0.15) is 23.5 Å². The number of ether oxygens (including phenoxy) is 1. The molecule has 0 radical (unpaired) electrons. The zero-order valence-electron chi connectivity index (χ0n) is 13.4. The van der Waals surface area contributed by atoms with Gasteiger partial charge in [-0.25, -0.2) is 4.39 Å². The molecule has 1 aromatic carbocycles. The predicted molar refractivity (Wildman–Crippen MR) is 88.7 cm³/mol. The number of Topliss-reactive ketones (excluding diaryl/α,β-unsaturated/α-hetero) is 1. The summed E-state index contributed by atoms with van der Waals surface area (Å²) >= 11 is 1.61. The summed E-state index contributed by atoms with van der Waals surface area (Å²) in [5.41, 5.74) is 0.821. The minimum absolute atomic E-state index is 0.0279. The molecule has 1 N–H and O–H groups in total. The summed E-state index contributed by atoms with van der Waals surface area (Å²) in [6.07, 6.45) is 5.05. The van der Waals surface area contributed by atoms with Crippen molar-refractivity contribution in [2.45, 2.75) is 51.7 Å². The zero-order chi connectivity index (χ0) is 16.1. The number of hydrogen-bond acceptors (Lipinski definition) is 4. The average Bonchev–Trinajstić information content (AvgIpc) is 2.42. The molecule has 0 heterocycles. The van der Waals surface area contributed by atoms with Gasteiger partial charge in [-0.15, -0.1) is 0 Å². The van der Waals surface area contributed by atoms with Crippen molar-refractivity contribution in [3.63, 3.8) is 0 Å². The zero-order valence-corrected chi connectivity index (χ0v) is 14.2. The molecule has 0 saturated heterocycles. The summed E-state index contributed by atoms with van der Waals surface area (Å²) in [7, 11) is 0. The molecule has 3 nitrogen and oxygen atoms in total. The lowest BCUT2D eigenvalue weighted by atomic mass is 9.90. The molecule has 122 valence electrons. The molecule has 1 saturated carbocycles. The van der Waals surface area contributed by atoms with Gasteiger partial charge in [-0.1, -0.05) is 25.8 Å². The first-order valence-electron chi connectivity index (χ1n) is 7.75. The van der Waals surface area contributed by atoms with E-state index in [0.717, 1.165) is 18.4 Å². The normalized spacial score (nSPS) is 20.8. The molecule has 1 aliphatic carbocycles. The third kappa shape index (κ3) is 4.99. The van der Waals surface area contributed by atoms with Crippen molar-refractivity contribution in [3.8, 4) is 5.75 Å². The van der Waals surface area contributed by atoms with Gasteiger partial charge in [0, 0.05) is 37.3 Å². The third-order valence-electron chi connectivity index (χ3n) is 3.92. The van der Waals surface area contributed by atoms with E-state index in [4.69, 9.17) is 4.74 Å². The lowest BCUT2D eigenvalue weighted by Gasteiger charge is -2.35. The lowest BCUT2D eigenvalue weighted by molar-refractivity contribution is -0.121. The number of carbonyl (C=O) groups excluding carboxylic acids is 1. The molecule has 0 atom stereocenters. The summed E-state index contributed by atoms with van der Waals surface area (Å²) < 4.78 is 22.8. The smallest absolute Gasteiger partial charge is 0.135 e. The number of halogens is 1. The highest BCUT2D eigenvalue weighted by Gasteiger charge is 2.30. The maximum Gasteiger partial charge on any atom is 0.135 e. The Morgan fingerprint density at radius 1 is 1.41 bits per heavy atom. The first kappa shape index (κ1) is 17.3. The quantitative estimate of drug-likeness (QED) is 0.739. The minimum atomic E-state index is -0.303. The maximum atomic E-state index is 13.7. The molecule has 0 spiro atoms. The maximum absolute atomic E-state index is 13.7. The first-order chi connectivity index (χ1) is 10.5. The van der Waals surface area contributed by atoms with Crippen molar-refractivity contribution in [1.29, 1.82) is 0 Å². The Labute approximate surface area is 136 Å². The number of nitrogens with one attached hydrogen (secondary N) is 1. The van der Waals surface area contributed by atoms with Crippen LogP contribution in [0.1, 0.15) is 38.7 Å². The van der Waals surface area contributed by atoms with Crippen molar-refractivity contribution in [1.82, 2.24) is 4.72 Å². The Balaban J connectivity index is 1.89. The molecule has 1 aromatic rings. The van der Waals surface area contributed by atoms with Gasteiger partial charge in [-0.05, 0) is 30.4 Å². The van der Waals surface area contributed by atoms with Crippen molar-refractivity contribution < 1.29 is 13.9 Å². The van der Waals surface area contributed by atoms with Gasteiger partial charge in [0.15, 0.2) is 0 Å². The molecule has 2 rings (SSSR count). The second kappa shape index (κ2) is 7.97. The van der Waals surface area contributed by atoms with E-state index in [2.05, 4.69) is 4.72 Å². The highest BCUT2D eigenvalue weighted by atomic mass is 32.2. The highest BCUT2D eigenvalue weighted by Crippen LogP contribution is 2.28. The summed E-state index contributed by atoms with van der Waals surface area (Å²) in [6.45, 7) is 3.77. The Hall–Kier alpha value is -1.07. The number of hydrogen-bond donors (Lipinski definition) is 1. The van der Waals surface area contributed by atoms with Gasteiger partial charge < -0.3 is 4.74 Å². The van der Waals surface area contributed by atoms with E-state index in [9.17, 15) is 9.18 Å². The number of carbonyl (C=O) groups is 1. The van der Waals surface area contributed by atoms with E-state index in [-0.39, 0.29) is 23.6 Å². The molecule has 0 bridgehead atoms. The van der Waals surface area contributed by atoms with Crippen molar-refractivity contribution in [2.24, 2.45) is 5.92 Å². The highest BCUT2D eigenvalue weighted by molar-refractivity contribution is 7.96. The van der Waals surface area contributed by atoms with Crippen LogP contribution >= 0.6 is 11.9 Å². The molecule has 0 aromatic heterocycles. The van der Waals surface area contributed by atoms with E-state index < -0.39 is 0 Å². The van der Waals surface area contributed by atoms with Crippen molar-refractivity contribution in [3.05, 3.63) is 29.6 Å². The van der Waals surface area contributed by atoms with Crippen LogP contribution in [0.2, 0.25) is 0 Å². The van der Waals surface area contributed by atoms with E-state index in [1.807, 2.05) is 26.2 Å². The number of benzene rings is 1. The lowest BCUT2D eigenvalue weighted by Crippen LogP contribution is -2.44.